The van der Waals surface area contributed by atoms with Gasteiger partial charge < -0.3 is 10.2 Å². The van der Waals surface area contributed by atoms with Gasteiger partial charge in [0.05, 0.1) is 0 Å². The molecule has 2 heteroatoms. The van der Waals surface area contributed by atoms with E-state index in [2.05, 4.69) is 24.1 Å². The lowest BCUT2D eigenvalue weighted by molar-refractivity contribution is -0.0141. The molecule has 0 aromatic carbocycles. The van der Waals surface area contributed by atoms with Gasteiger partial charge in [-0.25, -0.2) is 0 Å². The van der Waals surface area contributed by atoms with Gasteiger partial charge in [-0.3, -0.25) is 0 Å². The number of nitrogens with one attached hydrogen (secondary N) is 1. The van der Waals surface area contributed by atoms with Gasteiger partial charge in [0.1, 0.15) is 0 Å². The zero-order chi connectivity index (χ0) is 13.2. The summed E-state index contributed by atoms with van der Waals surface area (Å²) in [7, 11) is 0. The first-order chi connectivity index (χ1) is 9.30. The SMILES string of the molecule is CCCN(CC)CCNC1C2CC3CC(C2)CC1C3. The highest BCUT2D eigenvalue weighted by atomic mass is 15.1. The molecule has 0 aliphatic heterocycles. The largest absolute Gasteiger partial charge is 0.312 e. The number of rotatable bonds is 7. The molecule has 4 aliphatic rings. The lowest BCUT2D eigenvalue weighted by Gasteiger charge is -2.54. The first-order valence-electron chi connectivity index (χ1n) is 8.75. The van der Waals surface area contributed by atoms with Crippen molar-refractivity contribution in [2.45, 2.75) is 58.4 Å². The van der Waals surface area contributed by atoms with E-state index in [1.807, 2.05) is 0 Å². The molecule has 0 spiro atoms. The second kappa shape index (κ2) is 6.13. The first-order valence-corrected chi connectivity index (χ1v) is 8.75. The van der Waals surface area contributed by atoms with E-state index < -0.39 is 0 Å². The Morgan fingerprint density at radius 2 is 1.53 bits per heavy atom. The maximum absolute atomic E-state index is 3.95. The molecule has 0 aromatic rings. The van der Waals surface area contributed by atoms with Crippen LogP contribution in [0.3, 0.4) is 0 Å². The highest BCUT2D eigenvalue weighted by Crippen LogP contribution is 2.53. The molecular formula is C17H32N2. The number of nitrogens with zero attached hydrogens (tertiary/aromatic N) is 1. The van der Waals surface area contributed by atoms with E-state index >= 15 is 0 Å². The molecule has 4 bridgehead atoms. The summed E-state index contributed by atoms with van der Waals surface area (Å²) in [5, 5.41) is 3.95. The van der Waals surface area contributed by atoms with Gasteiger partial charge in [-0.05, 0) is 75.3 Å². The zero-order valence-corrected chi connectivity index (χ0v) is 12.9. The van der Waals surface area contributed by atoms with Crippen LogP contribution in [0.25, 0.3) is 0 Å². The Labute approximate surface area is 119 Å². The van der Waals surface area contributed by atoms with Crippen LogP contribution in [0.1, 0.15) is 52.4 Å². The minimum absolute atomic E-state index is 0.869. The molecule has 4 aliphatic carbocycles. The van der Waals surface area contributed by atoms with Crippen molar-refractivity contribution in [3.8, 4) is 0 Å². The second-order valence-electron chi connectivity index (χ2n) is 7.34. The Morgan fingerprint density at radius 3 is 2.05 bits per heavy atom. The van der Waals surface area contributed by atoms with Gasteiger partial charge in [-0.2, -0.15) is 0 Å². The van der Waals surface area contributed by atoms with Gasteiger partial charge in [0.15, 0.2) is 0 Å². The van der Waals surface area contributed by atoms with Gasteiger partial charge in [-0.15, -0.1) is 0 Å². The lowest BCUT2D eigenvalue weighted by atomic mass is 9.54. The summed E-state index contributed by atoms with van der Waals surface area (Å²) in [6.07, 6.45) is 9.01. The lowest BCUT2D eigenvalue weighted by Crippen LogP contribution is -2.55. The molecule has 4 fully saturated rings. The highest BCUT2D eigenvalue weighted by Gasteiger charge is 2.47. The summed E-state index contributed by atoms with van der Waals surface area (Å²) in [4.78, 5) is 2.59. The molecule has 110 valence electrons. The summed E-state index contributed by atoms with van der Waals surface area (Å²) >= 11 is 0. The van der Waals surface area contributed by atoms with Crippen LogP contribution in [0.15, 0.2) is 0 Å². The summed E-state index contributed by atoms with van der Waals surface area (Å²) in [6, 6.07) is 0.869. The molecule has 0 radical (unpaired) electrons. The van der Waals surface area contributed by atoms with Crippen molar-refractivity contribution in [2.24, 2.45) is 23.7 Å². The maximum Gasteiger partial charge on any atom is 0.0124 e. The maximum atomic E-state index is 3.95. The predicted molar refractivity (Wildman–Crippen MR) is 81.2 cm³/mol. The van der Waals surface area contributed by atoms with Crippen molar-refractivity contribution in [3.63, 3.8) is 0 Å². The molecule has 0 unspecified atom stereocenters. The summed E-state index contributed by atoms with van der Waals surface area (Å²) in [5.41, 5.74) is 0. The van der Waals surface area contributed by atoms with Crippen LogP contribution in [0.4, 0.5) is 0 Å². The van der Waals surface area contributed by atoms with Crippen LogP contribution < -0.4 is 5.32 Å². The minimum atomic E-state index is 0.869. The molecule has 4 rings (SSSR count). The van der Waals surface area contributed by atoms with Gasteiger partial charge >= 0.3 is 0 Å². The molecule has 4 saturated carbocycles. The Hall–Kier alpha value is -0.0800. The Balaban J connectivity index is 1.45. The number of hydrogen-bond donors (Lipinski definition) is 1. The highest BCUT2D eigenvalue weighted by molar-refractivity contribution is 5.01. The van der Waals surface area contributed by atoms with Crippen LogP contribution in [-0.2, 0) is 0 Å². The summed E-state index contributed by atoms with van der Waals surface area (Å²) in [5.74, 6) is 4.26. The summed E-state index contributed by atoms with van der Waals surface area (Å²) in [6.45, 7) is 9.50. The molecule has 2 nitrogen and oxygen atoms in total. The van der Waals surface area contributed by atoms with Crippen LogP contribution in [0.5, 0.6) is 0 Å². The van der Waals surface area contributed by atoms with Crippen molar-refractivity contribution in [1.82, 2.24) is 10.2 Å². The molecule has 19 heavy (non-hydrogen) atoms. The van der Waals surface area contributed by atoms with Crippen molar-refractivity contribution in [2.75, 3.05) is 26.2 Å². The third kappa shape index (κ3) is 3.00. The number of hydrogen-bond acceptors (Lipinski definition) is 2. The van der Waals surface area contributed by atoms with E-state index in [4.69, 9.17) is 0 Å². The van der Waals surface area contributed by atoms with Crippen molar-refractivity contribution in [1.29, 1.82) is 0 Å². The van der Waals surface area contributed by atoms with Gasteiger partial charge in [-0.1, -0.05) is 13.8 Å². The van der Waals surface area contributed by atoms with Gasteiger partial charge in [0.25, 0.3) is 0 Å². The quantitative estimate of drug-likeness (QED) is 0.760. The van der Waals surface area contributed by atoms with Crippen LogP contribution >= 0.6 is 0 Å². The van der Waals surface area contributed by atoms with E-state index in [1.54, 1.807) is 6.42 Å². The summed E-state index contributed by atoms with van der Waals surface area (Å²) < 4.78 is 0. The Morgan fingerprint density at radius 1 is 0.895 bits per heavy atom. The van der Waals surface area contributed by atoms with Crippen LogP contribution in [0, 0.1) is 23.7 Å². The van der Waals surface area contributed by atoms with E-state index in [9.17, 15) is 0 Å². The van der Waals surface area contributed by atoms with Gasteiger partial charge in [0, 0.05) is 19.1 Å². The van der Waals surface area contributed by atoms with Crippen molar-refractivity contribution in [3.05, 3.63) is 0 Å². The minimum Gasteiger partial charge on any atom is -0.312 e. The predicted octanol–water partition coefficient (Wildman–Crippen LogP) is 3.13. The zero-order valence-electron chi connectivity index (χ0n) is 12.9. The van der Waals surface area contributed by atoms with Crippen LogP contribution in [-0.4, -0.2) is 37.1 Å². The van der Waals surface area contributed by atoms with E-state index in [0.717, 1.165) is 29.7 Å². The van der Waals surface area contributed by atoms with E-state index in [-0.39, 0.29) is 0 Å². The third-order valence-corrected chi connectivity index (χ3v) is 6.02. The normalized spacial score (nSPS) is 40.3. The monoisotopic (exact) mass is 264 g/mol. The smallest absolute Gasteiger partial charge is 0.0124 e. The standard InChI is InChI=1S/C17H32N2/c1-3-6-19(4-2)7-5-18-17-15-9-13-8-14(11-15)12-16(17)10-13/h13-18H,3-12H2,1-2H3. The van der Waals surface area contributed by atoms with Crippen molar-refractivity contribution < 1.29 is 0 Å². The van der Waals surface area contributed by atoms with Gasteiger partial charge in [0.2, 0.25) is 0 Å². The average molecular weight is 264 g/mol. The molecule has 0 aromatic heterocycles. The second-order valence-corrected chi connectivity index (χ2v) is 7.34. The van der Waals surface area contributed by atoms with Crippen molar-refractivity contribution >= 4 is 0 Å². The Kier molecular flexibility index (Phi) is 4.48. The molecule has 0 atom stereocenters. The average Bonchev–Trinajstić information content (AvgIpc) is 2.40. The molecule has 0 saturated heterocycles. The first kappa shape index (κ1) is 13.9. The molecule has 0 heterocycles. The molecular weight excluding hydrogens is 232 g/mol. The fraction of sp³-hybridized carbons (Fsp3) is 1.00. The topological polar surface area (TPSA) is 15.3 Å². The fourth-order valence-corrected chi connectivity index (χ4v) is 5.39. The van der Waals surface area contributed by atoms with E-state index in [0.29, 0.717) is 0 Å². The fourth-order valence-electron chi connectivity index (χ4n) is 5.39. The van der Waals surface area contributed by atoms with Crippen LogP contribution in [0.2, 0.25) is 0 Å². The Bertz CT molecular complexity index is 261. The van der Waals surface area contributed by atoms with E-state index in [1.165, 1.54) is 58.3 Å². The molecule has 0 amide bonds. The molecule has 1 N–H and O–H groups in total. The number of likely N-dealkylation sites (N-methyl/N-ethyl adjacent to an activating group) is 1. The third-order valence-electron chi connectivity index (χ3n) is 6.02.